The Hall–Kier alpha value is -1.10. The summed E-state index contributed by atoms with van der Waals surface area (Å²) >= 11 is 0. The highest BCUT2D eigenvalue weighted by Crippen LogP contribution is 1.99. The standard InChI is InChI=1S/C7H14N2O3/c1-4(2)6(11)7(12)9-8-5(3)10/h4,6,11H,1-3H3,(H,8,10)(H,9,12)/t6-/m0/s1. The summed E-state index contributed by atoms with van der Waals surface area (Å²) < 4.78 is 0. The first-order chi connectivity index (χ1) is 5.45. The SMILES string of the molecule is CC(=O)NNC(=O)[C@@H](O)C(C)C. The number of carbonyl (C=O) groups is 2. The summed E-state index contributed by atoms with van der Waals surface area (Å²) in [6.45, 7) is 4.68. The van der Waals surface area contributed by atoms with Crippen molar-refractivity contribution in [1.29, 1.82) is 0 Å². The molecule has 0 aromatic carbocycles. The first kappa shape index (κ1) is 10.9. The maximum absolute atomic E-state index is 10.9. The fourth-order valence-corrected chi connectivity index (χ4v) is 0.526. The van der Waals surface area contributed by atoms with E-state index >= 15 is 0 Å². The largest absolute Gasteiger partial charge is 0.383 e. The minimum Gasteiger partial charge on any atom is -0.383 e. The van der Waals surface area contributed by atoms with E-state index in [9.17, 15) is 9.59 Å². The van der Waals surface area contributed by atoms with Crippen molar-refractivity contribution in [2.24, 2.45) is 5.92 Å². The van der Waals surface area contributed by atoms with Crippen LogP contribution in [0.3, 0.4) is 0 Å². The van der Waals surface area contributed by atoms with Crippen molar-refractivity contribution in [3.8, 4) is 0 Å². The van der Waals surface area contributed by atoms with Gasteiger partial charge < -0.3 is 5.11 Å². The van der Waals surface area contributed by atoms with Crippen LogP contribution >= 0.6 is 0 Å². The van der Waals surface area contributed by atoms with Crippen LogP contribution in [0.4, 0.5) is 0 Å². The number of amides is 2. The third-order valence-electron chi connectivity index (χ3n) is 1.26. The molecule has 0 aliphatic carbocycles. The van der Waals surface area contributed by atoms with Gasteiger partial charge in [0.15, 0.2) is 0 Å². The number of carbonyl (C=O) groups excluding carboxylic acids is 2. The molecule has 0 radical (unpaired) electrons. The summed E-state index contributed by atoms with van der Waals surface area (Å²) in [5.74, 6) is -1.14. The van der Waals surface area contributed by atoms with Gasteiger partial charge in [-0.3, -0.25) is 20.4 Å². The second-order valence-corrected chi connectivity index (χ2v) is 2.86. The van der Waals surface area contributed by atoms with Gasteiger partial charge in [0.1, 0.15) is 6.10 Å². The van der Waals surface area contributed by atoms with Crippen LogP contribution in [0.1, 0.15) is 20.8 Å². The van der Waals surface area contributed by atoms with Crippen LogP contribution in [0.5, 0.6) is 0 Å². The Morgan fingerprint density at radius 1 is 1.25 bits per heavy atom. The Bertz CT molecular complexity index is 179. The molecule has 0 spiro atoms. The maximum atomic E-state index is 10.9. The van der Waals surface area contributed by atoms with Gasteiger partial charge in [-0.15, -0.1) is 0 Å². The van der Waals surface area contributed by atoms with E-state index in [1.165, 1.54) is 6.92 Å². The molecule has 0 aromatic rings. The third kappa shape index (κ3) is 3.92. The first-order valence-electron chi connectivity index (χ1n) is 3.69. The number of aliphatic hydroxyl groups excluding tert-OH is 1. The second kappa shape index (κ2) is 4.71. The van der Waals surface area contributed by atoms with Crippen molar-refractivity contribution in [2.45, 2.75) is 26.9 Å². The lowest BCUT2D eigenvalue weighted by molar-refractivity contribution is -0.135. The van der Waals surface area contributed by atoms with Crippen LogP contribution in [0.25, 0.3) is 0 Å². The van der Waals surface area contributed by atoms with E-state index in [0.717, 1.165) is 0 Å². The van der Waals surface area contributed by atoms with E-state index in [4.69, 9.17) is 5.11 Å². The molecule has 0 saturated heterocycles. The fourth-order valence-electron chi connectivity index (χ4n) is 0.526. The minimum atomic E-state index is -1.09. The zero-order valence-corrected chi connectivity index (χ0v) is 7.42. The van der Waals surface area contributed by atoms with Crippen molar-refractivity contribution in [3.63, 3.8) is 0 Å². The Morgan fingerprint density at radius 3 is 2.08 bits per heavy atom. The van der Waals surface area contributed by atoms with Crippen LogP contribution < -0.4 is 10.9 Å². The Labute approximate surface area is 71.1 Å². The molecule has 2 amide bonds. The quantitative estimate of drug-likeness (QED) is 0.478. The zero-order chi connectivity index (χ0) is 9.72. The molecule has 3 N–H and O–H groups in total. The highest BCUT2D eigenvalue weighted by molar-refractivity contribution is 5.83. The molecule has 0 fully saturated rings. The zero-order valence-electron chi connectivity index (χ0n) is 7.42. The first-order valence-corrected chi connectivity index (χ1v) is 3.69. The summed E-state index contributed by atoms with van der Waals surface area (Å²) in [7, 11) is 0. The van der Waals surface area contributed by atoms with Crippen molar-refractivity contribution in [3.05, 3.63) is 0 Å². The Kier molecular flexibility index (Phi) is 4.28. The van der Waals surface area contributed by atoms with Gasteiger partial charge >= 0.3 is 0 Å². The highest BCUT2D eigenvalue weighted by atomic mass is 16.3. The van der Waals surface area contributed by atoms with Crippen molar-refractivity contribution < 1.29 is 14.7 Å². The van der Waals surface area contributed by atoms with Gasteiger partial charge in [0.05, 0.1) is 0 Å². The van der Waals surface area contributed by atoms with Gasteiger partial charge in [-0.1, -0.05) is 13.8 Å². The number of hydrazine groups is 1. The van der Waals surface area contributed by atoms with Crippen molar-refractivity contribution in [1.82, 2.24) is 10.9 Å². The molecule has 5 nitrogen and oxygen atoms in total. The lowest BCUT2D eigenvalue weighted by atomic mass is 10.1. The summed E-state index contributed by atoms with van der Waals surface area (Å²) in [5.41, 5.74) is 4.16. The van der Waals surface area contributed by atoms with Crippen LogP contribution in [-0.4, -0.2) is 23.0 Å². The van der Waals surface area contributed by atoms with Crippen molar-refractivity contribution in [2.75, 3.05) is 0 Å². The average molecular weight is 174 g/mol. The third-order valence-corrected chi connectivity index (χ3v) is 1.26. The molecule has 70 valence electrons. The number of aliphatic hydroxyl groups is 1. The minimum absolute atomic E-state index is 0.168. The van der Waals surface area contributed by atoms with Crippen LogP contribution in [-0.2, 0) is 9.59 Å². The lowest BCUT2D eigenvalue weighted by Gasteiger charge is -2.13. The topological polar surface area (TPSA) is 78.4 Å². The number of hydrogen-bond acceptors (Lipinski definition) is 3. The normalized spacial score (nSPS) is 12.4. The van der Waals surface area contributed by atoms with E-state index in [1.807, 2.05) is 0 Å². The van der Waals surface area contributed by atoms with Crippen molar-refractivity contribution >= 4 is 11.8 Å². The highest BCUT2D eigenvalue weighted by Gasteiger charge is 2.18. The second-order valence-electron chi connectivity index (χ2n) is 2.86. The van der Waals surface area contributed by atoms with E-state index in [-0.39, 0.29) is 11.8 Å². The van der Waals surface area contributed by atoms with Gasteiger partial charge in [0.25, 0.3) is 5.91 Å². The Balaban J connectivity index is 3.80. The molecule has 0 unspecified atom stereocenters. The number of rotatable bonds is 2. The molecule has 0 saturated carbocycles. The molecule has 0 rings (SSSR count). The van der Waals surface area contributed by atoms with Gasteiger partial charge in [0.2, 0.25) is 5.91 Å². The average Bonchev–Trinajstić information content (AvgIpc) is 1.98. The van der Waals surface area contributed by atoms with Gasteiger partial charge in [-0.2, -0.15) is 0 Å². The number of hydrogen-bond donors (Lipinski definition) is 3. The maximum Gasteiger partial charge on any atom is 0.267 e. The van der Waals surface area contributed by atoms with Gasteiger partial charge in [-0.25, -0.2) is 0 Å². The summed E-state index contributed by atoms with van der Waals surface area (Å²) in [6.07, 6.45) is -1.09. The van der Waals surface area contributed by atoms with Gasteiger partial charge in [0, 0.05) is 6.92 Å². The Morgan fingerprint density at radius 2 is 1.75 bits per heavy atom. The van der Waals surface area contributed by atoms with Crippen LogP contribution in [0.2, 0.25) is 0 Å². The van der Waals surface area contributed by atoms with Gasteiger partial charge in [-0.05, 0) is 5.92 Å². The molecule has 1 atom stereocenters. The predicted octanol–water partition coefficient (Wildman–Crippen LogP) is -0.829. The van der Waals surface area contributed by atoms with E-state index in [2.05, 4.69) is 10.9 Å². The molecule has 0 heterocycles. The molecular weight excluding hydrogens is 160 g/mol. The summed E-state index contributed by atoms with van der Waals surface area (Å²) in [4.78, 5) is 21.2. The summed E-state index contributed by atoms with van der Waals surface area (Å²) in [5, 5.41) is 9.14. The smallest absolute Gasteiger partial charge is 0.267 e. The molecule has 12 heavy (non-hydrogen) atoms. The summed E-state index contributed by atoms with van der Waals surface area (Å²) in [6, 6.07) is 0. The van der Waals surface area contributed by atoms with E-state index < -0.39 is 12.0 Å². The van der Waals surface area contributed by atoms with Crippen LogP contribution in [0.15, 0.2) is 0 Å². The number of nitrogens with one attached hydrogen (secondary N) is 2. The monoisotopic (exact) mass is 174 g/mol. The lowest BCUT2D eigenvalue weighted by Crippen LogP contribution is -2.47. The van der Waals surface area contributed by atoms with E-state index in [1.54, 1.807) is 13.8 Å². The molecule has 0 aliphatic rings. The predicted molar refractivity (Wildman–Crippen MR) is 42.8 cm³/mol. The molecule has 0 aromatic heterocycles. The molecule has 0 aliphatic heterocycles. The van der Waals surface area contributed by atoms with E-state index in [0.29, 0.717) is 0 Å². The molecular formula is C7H14N2O3. The molecule has 5 heteroatoms. The molecule has 0 bridgehead atoms. The van der Waals surface area contributed by atoms with Crippen LogP contribution in [0, 0.1) is 5.92 Å². The fraction of sp³-hybridized carbons (Fsp3) is 0.714.